The molecule has 0 bridgehead atoms. The molecule has 0 amide bonds. The lowest BCUT2D eigenvalue weighted by Gasteiger charge is -2.15. The predicted octanol–water partition coefficient (Wildman–Crippen LogP) is 14.2. The van der Waals surface area contributed by atoms with Crippen molar-refractivity contribution in [2.75, 3.05) is 0 Å². The third kappa shape index (κ3) is 5.42. The Morgan fingerprint density at radius 2 is 0.640 bits per heavy atom. The summed E-state index contributed by atoms with van der Waals surface area (Å²) in [7, 11) is 0. The van der Waals surface area contributed by atoms with Gasteiger partial charge < -0.3 is 0 Å². The highest BCUT2D eigenvalue weighted by atomic mass is 14.3. The second-order valence-electron chi connectivity index (χ2n) is 14.1. The Kier molecular flexibility index (Phi) is 7.96. The zero-order valence-corrected chi connectivity index (χ0v) is 29.9. The fourth-order valence-corrected chi connectivity index (χ4v) is 8.58. The standard InChI is InChI=1S/C25H20.C16H10.C9H12/c1-15-13-16(2)24(17(3)14-15)23-12-11-22-19-8-5-4-7-18(19)20-9-6-10-21(23)25(20)22;1-2-8-13-12(7-1)14-9-3-5-11-6-4-10-15(13)16(11)14;1-7-4-8(2)6-9(3)5-7/h4-14H,1-3H3;1-10H;4-6H,1-3H3. The van der Waals surface area contributed by atoms with Gasteiger partial charge in [0.2, 0.25) is 0 Å². The van der Waals surface area contributed by atoms with E-state index >= 15 is 0 Å². The van der Waals surface area contributed by atoms with Crippen LogP contribution in [0.15, 0.2) is 146 Å². The van der Waals surface area contributed by atoms with Gasteiger partial charge in [-0.25, -0.2) is 0 Å². The lowest BCUT2D eigenvalue weighted by molar-refractivity contribution is 1.32. The van der Waals surface area contributed by atoms with Crippen LogP contribution in [0.1, 0.15) is 33.4 Å². The van der Waals surface area contributed by atoms with Gasteiger partial charge in [0.05, 0.1) is 0 Å². The van der Waals surface area contributed by atoms with E-state index in [0.717, 1.165) is 0 Å². The first-order valence-corrected chi connectivity index (χ1v) is 17.7. The molecule has 0 fully saturated rings. The van der Waals surface area contributed by atoms with Gasteiger partial charge in [0.1, 0.15) is 0 Å². The normalized spacial score (nSPS) is 11.4. The van der Waals surface area contributed by atoms with E-state index in [1.165, 1.54) is 111 Å². The Labute approximate surface area is 296 Å². The van der Waals surface area contributed by atoms with Crippen molar-refractivity contribution < 1.29 is 0 Å². The van der Waals surface area contributed by atoms with Gasteiger partial charge in [-0.2, -0.15) is 0 Å². The van der Waals surface area contributed by atoms with Crippen LogP contribution in [-0.4, -0.2) is 0 Å². The summed E-state index contributed by atoms with van der Waals surface area (Å²) in [4.78, 5) is 0. The highest BCUT2D eigenvalue weighted by Gasteiger charge is 2.23. The summed E-state index contributed by atoms with van der Waals surface area (Å²) in [6.45, 7) is 13.0. The van der Waals surface area contributed by atoms with Gasteiger partial charge in [-0.05, 0) is 130 Å². The molecule has 0 atom stereocenters. The van der Waals surface area contributed by atoms with E-state index < -0.39 is 0 Å². The molecule has 8 aromatic rings. The Hall–Kier alpha value is -5.72. The monoisotopic (exact) mass is 642 g/mol. The Morgan fingerprint density at radius 3 is 1.12 bits per heavy atom. The third-order valence-corrected chi connectivity index (χ3v) is 10.3. The van der Waals surface area contributed by atoms with E-state index in [0.29, 0.717) is 0 Å². The molecule has 242 valence electrons. The SMILES string of the molecule is Cc1cc(C)c(-c2ccc3c4c(cccc24)-c2ccccc2-3)c(C)c1.Cc1cc(C)cc(C)c1.c1ccc2c(c1)-c1cccc3cccc-2c13. The lowest BCUT2D eigenvalue weighted by atomic mass is 9.89. The van der Waals surface area contributed by atoms with Crippen LogP contribution in [0.25, 0.3) is 77.2 Å². The Bertz CT molecular complexity index is 2440. The predicted molar refractivity (Wildman–Crippen MR) is 217 cm³/mol. The van der Waals surface area contributed by atoms with Gasteiger partial charge in [-0.1, -0.05) is 168 Å². The van der Waals surface area contributed by atoms with Gasteiger partial charge in [0, 0.05) is 0 Å². The minimum Gasteiger partial charge on any atom is -0.0616 e. The average Bonchev–Trinajstić information content (AvgIpc) is 3.61. The number of rotatable bonds is 1. The lowest BCUT2D eigenvalue weighted by Crippen LogP contribution is -1.91. The smallest absolute Gasteiger partial charge is 0.00201 e. The van der Waals surface area contributed by atoms with Crippen LogP contribution >= 0.6 is 0 Å². The molecule has 0 aromatic heterocycles. The van der Waals surface area contributed by atoms with Crippen molar-refractivity contribution in [2.24, 2.45) is 0 Å². The molecule has 0 heteroatoms. The van der Waals surface area contributed by atoms with Crippen molar-refractivity contribution in [1.29, 1.82) is 0 Å². The zero-order chi connectivity index (χ0) is 34.5. The van der Waals surface area contributed by atoms with Crippen molar-refractivity contribution in [3.63, 3.8) is 0 Å². The number of aryl methyl sites for hydroxylation is 6. The van der Waals surface area contributed by atoms with Gasteiger partial charge in [0.15, 0.2) is 0 Å². The molecule has 0 aliphatic heterocycles. The molecule has 10 rings (SSSR count). The quantitative estimate of drug-likeness (QED) is 0.167. The van der Waals surface area contributed by atoms with Crippen LogP contribution in [0.5, 0.6) is 0 Å². The first-order valence-electron chi connectivity index (χ1n) is 17.7. The zero-order valence-electron chi connectivity index (χ0n) is 29.9. The van der Waals surface area contributed by atoms with E-state index in [-0.39, 0.29) is 0 Å². The van der Waals surface area contributed by atoms with Gasteiger partial charge in [0.25, 0.3) is 0 Å². The van der Waals surface area contributed by atoms with Crippen molar-refractivity contribution in [1.82, 2.24) is 0 Å². The van der Waals surface area contributed by atoms with Gasteiger partial charge in [-0.3, -0.25) is 0 Å². The topological polar surface area (TPSA) is 0 Å². The summed E-state index contributed by atoms with van der Waals surface area (Å²) in [5.74, 6) is 0. The molecule has 0 radical (unpaired) electrons. The van der Waals surface area contributed by atoms with Crippen molar-refractivity contribution in [3.8, 4) is 55.6 Å². The van der Waals surface area contributed by atoms with Crippen molar-refractivity contribution in [2.45, 2.75) is 41.5 Å². The van der Waals surface area contributed by atoms with Crippen LogP contribution in [0.3, 0.4) is 0 Å². The molecule has 8 aromatic carbocycles. The fraction of sp³-hybridized carbons (Fsp3) is 0.120. The summed E-state index contributed by atoms with van der Waals surface area (Å²) in [5.41, 5.74) is 21.8. The largest absolute Gasteiger partial charge is 0.0616 e. The molecular weight excluding hydrogens is 601 g/mol. The minimum atomic E-state index is 1.33. The fourth-order valence-electron chi connectivity index (χ4n) is 8.58. The third-order valence-electron chi connectivity index (χ3n) is 10.3. The van der Waals surface area contributed by atoms with Crippen LogP contribution in [-0.2, 0) is 0 Å². The molecule has 0 N–H and O–H groups in total. The maximum absolute atomic E-state index is 2.31. The second-order valence-corrected chi connectivity index (χ2v) is 14.1. The van der Waals surface area contributed by atoms with Gasteiger partial charge >= 0.3 is 0 Å². The van der Waals surface area contributed by atoms with Crippen LogP contribution < -0.4 is 0 Å². The summed E-state index contributed by atoms with van der Waals surface area (Å²) >= 11 is 0. The van der Waals surface area contributed by atoms with Crippen molar-refractivity contribution >= 4 is 21.5 Å². The average molecular weight is 643 g/mol. The molecule has 0 nitrogen and oxygen atoms in total. The van der Waals surface area contributed by atoms with E-state index in [9.17, 15) is 0 Å². The molecule has 0 saturated heterocycles. The van der Waals surface area contributed by atoms with Crippen molar-refractivity contribution in [3.05, 3.63) is 179 Å². The molecule has 0 saturated carbocycles. The Morgan fingerprint density at radius 1 is 0.280 bits per heavy atom. The van der Waals surface area contributed by atoms with Crippen LogP contribution in [0, 0.1) is 41.5 Å². The minimum absolute atomic E-state index is 1.33. The molecule has 0 unspecified atom stereocenters. The first-order chi connectivity index (χ1) is 24.3. The number of hydrogen-bond donors (Lipinski definition) is 0. The maximum Gasteiger partial charge on any atom is -0.00201 e. The summed E-state index contributed by atoms with van der Waals surface area (Å²) in [5, 5.41) is 5.51. The van der Waals surface area contributed by atoms with Crippen LogP contribution in [0.2, 0.25) is 0 Å². The molecule has 0 heterocycles. The van der Waals surface area contributed by atoms with Crippen LogP contribution in [0.4, 0.5) is 0 Å². The van der Waals surface area contributed by atoms with E-state index in [1.54, 1.807) is 0 Å². The highest BCUT2D eigenvalue weighted by Crippen LogP contribution is 2.50. The van der Waals surface area contributed by atoms with E-state index in [4.69, 9.17) is 0 Å². The summed E-state index contributed by atoms with van der Waals surface area (Å²) < 4.78 is 0. The molecule has 0 spiro atoms. The molecule has 2 aliphatic rings. The highest BCUT2D eigenvalue weighted by molar-refractivity contribution is 6.19. The first kappa shape index (κ1) is 31.5. The second kappa shape index (κ2) is 12.6. The van der Waals surface area contributed by atoms with Gasteiger partial charge in [-0.15, -0.1) is 0 Å². The number of hydrogen-bond acceptors (Lipinski definition) is 0. The number of fused-ring (bicyclic) bond motifs is 6. The Balaban J connectivity index is 0.000000123. The molecule has 50 heavy (non-hydrogen) atoms. The maximum atomic E-state index is 2.31. The summed E-state index contributed by atoms with van der Waals surface area (Å²) in [6, 6.07) is 53.0. The number of benzene rings is 8. The van der Waals surface area contributed by atoms with E-state index in [2.05, 4.69) is 187 Å². The molecular formula is C50H42. The van der Waals surface area contributed by atoms with E-state index in [1.807, 2.05) is 0 Å². The summed E-state index contributed by atoms with van der Waals surface area (Å²) in [6.07, 6.45) is 0. The molecule has 2 aliphatic carbocycles.